The van der Waals surface area contributed by atoms with Gasteiger partial charge >= 0.3 is 12.1 Å². The first-order valence-corrected chi connectivity index (χ1v) is 5.54. The second kappa shape index (κ2) is 6.38. The summed E-state index contributed by atoms with van der Waals surface area (Å²) in [6, 6.07) is 7.59. The molecule has 0 saturated carbocycles. The molecule has 2 atom stereocenters. The second-order valence-electron chi connectivity index (χ2n) is 4.01. The Labute approximate surface area is 112 Å². The van der Waals surface area contributed by atoms with Crippen molar-refractivity contribution >= 4 is 11.9 Å². The number of carboxylic acids is 1. The van der Waals surface area contributed by atoms with E-state index in [0.29, 0.717) is 0 Å². The van der Waals surface area contributed by atoms with Crippen molar-refractivity contribution in [1.29, 1.82) is 0 Å². The number of halogens is 3. The molecule has 0 bridgehead atoms. The summed E-state index contributed by atoms with van der Waals surface area (Å²) in [6.45, 7) is -0.830. The van der Waals surface area contributed by atoms with Gasteiger partial charge in [-0.2, -0.15) is 13.2 Å². The number of rotatable bonds is 5. The lowest BCUT2D eigenvalue weighted by Crippen LogP contribution is -2.46. The number of nitrogens with one attached hydrogen (secondary N) is 1. The van der Waals surface area contributed by atoms with Crippen LogP contribution in [0.2, 0.25) is 0 Å². The lowest BCUT2D eigenvalue weighted by molar-refractivity contribution is -0.222. The Morgan fingerprint density at radius 3 is 2.20 bits per heavy atom. The number of benzene rings is 1. The number of carbonyl (C=O) groups is 2. The highest BCUT2D eigenvalue weighted by Crippen LogP contribution is 2.25. The van der Waals surface area contributed by atoms with Crippen molar-refractivity contribution in [1.82, 2.24) is 5.32 Å². The molecule has 20 heavy (non-hydrogen) atoms. The number of alkyl halides is 3. The summed E-state index contributed by atoms with van der Waals surface area (Å²) in [5, 5.41) is 19.7. The smallest absolute Gasteiger partial charge is 0.415 e. The van der Waals surface area contributed by atoms with E-state index in [2.05, 4.69) is 5.32 Å². The molecule has 0 heterocycles. The van der Waals surface area contributed by atoms with Crippen LogP contribution in [0.3, 0.4) is 0 Å². The summed E-state index contributed by atoms with van der Waals surface area (Å²) in [5.41, 5.74) is 0.179. The average molecular weight is 291 g/mol. The summed E-state index contributed by atoms with van der Waals surface area (Å²) in [4.78, 5) is 22.3. The van der Waals surface area contributed by atoms with E-state index in [1.165, 1.54) is 12.1 Å². The largest absolute Gasteiger partial charge is 0.481 e. The molecule has 0 aliphatic heterocycles. The Hall–Kier alpha value is -2.09. The first kappa shape index (κ1) is 16.0. The molecule has 0 fully saturated rings. The zero-order chi connectivity index (χ0) is 15.3. The van der Waals surface area contributed by atoms with E-state index in [1.54, 1.807) is 18.2 Å². The lowest BCUT2D eigenvalue weighted by atomic mass is 10.0. The molecule has 0 unspecified atom stereocenters. The molecule has 3 N–H and O–H groups in total. The summed E-state index contributed by atoms with van der Waals surface area (Å²) in [7, 11) is 0. The van der Waals surface area contributed by atoms with Crippen LogP contribution in [0.4, 0.5) is 13.2 Å². The van der Waals surface area contributed by atoms with Crippen LogP contribution in [0.5, 0.6) is 0 Å². The molecule has 0 aliphatic carbocycles. The minimum Gasteiger partial charge on any atom is -0.481 e. The zero-order valence-corrected chi connectivity index (χ0v) is 10.1. The Morgan fingerprint density at radius 2 is 1.75 bits per heavy atom. The van der Waals surface area contributed by atoms with Crippen LogP contribution < -0.4 is 5.32 Å². The SMILES string of the molecule is O=C(NC[C@H](C(=O)O)[C@H](O)C(F)(F)F)c1ccccc1. The summed E-state index contributed by atoms with van der Waals surface area (Å²) in [5.74, 6) is -4.72. The predicted molar refractivity (Wildman–Crippen MR) is 62.0 cm³/mol. The number of aliphatic hydroxyl groups excluding tert-OH is 1. The van der Waals surface area contributed by atoms with Gasteiger partial charge in [0.1, 0.15) is 5.92 Å². The minimum absolute atomic E-state index is 0.179. The van der Waals surface area contributed by atoms with E-state index in [1.807, 2.05) is 0 Å². The van der Waals surface area contributed by atoms with Crippen molar-refractivity contribution in [2.45, 2.75) is 12.3 Å². The van der Waals surface area contributed by atoms with Gasteiger partial charge in [0.2, 0.25) is 0 Å². The third kappa shape index (κ3) is 4.23. The van der Waals surface area contributed by atoms with Crippen LogP contribution in [0, 0.1) is 5.92 Å². The maximum absolute atomic E-state index is 12.3. The van der Waals surface area contributed by atoms with Crippen LogP contribution in [0.25, 0.3) is 0 Å². The van der Waals surface area contributed by atoms with E-state index < -0.39 is 36.6 Å². The summed E-state index contributed by atoms with van der Waals surface area (Å²) < 4.78 is 36.8. The van der Waals surface area contributed by atoms with E-state index in [4.69, 9.17) is 10.2 Å². The molecular formula is C12H12F3NO4. The molecule has 1 aromatic carbocycles. The van der Waals surface area contributed by atoms with Crippen LogP contribution in [0.15, 0.2) is 30.3 Å². The topological polar surface area (TPSA) is 86.6 Å². The molecule has 110 valence electrons. The van der Waals surface area contributed by atoms with Crippen LogP contribution in [0.1, 0.15) is 10.4 Å². The van der Waals surface area contributed by atoms with Crippen molar-refractivity contribution in [2.75, 3.05) is 6.54 Å². The van der Waals surface area contributed by atoms with Crippen molar-refractivity contribution in [3.05, 3.63) is 35.9 Å². The molecule has 1 aromatic rings. The first-order valence-electron chi connectivity index (χ1n) is 5.54. The Morgan fingerprint density at radius 1 is 1.20 bits per heavy atom. The molecule has 0 saturated heterocycles. The van der Waals surface area contributed by atoms with Gasteiger partial charge in [-0.15, -0.1) is 0 Å². The molecule has 0 spiro atoms. The minimum atomic E-state index is -5.07. The van der Waals surface area contributed by atoms with E-state index in [-0.39, 0.29) is 5.56 Å². The zero-order valence-electron chi connectivity index (χ0n) is 10.1. The summed E-state index contributed by atoms with van der Waals surface area (Å²) in [6.07, 6.45) is -8.11. The maximum atomic E-state index is 12.3. The summed E-state index contributed by atoms with van der Waals surface area (Å²) >= 11 is 0. The molecule has 5 nitrogen and oxygen atoms in total. The third-order valence-electron chi connectivity index (χ3n) is 2.55. The fourth-order valence-corrected chi connectivity index (χ4v) is 1.46. The van der Waals surface area contributed by atoms with Gasteiger partial charge < -0.3 is 15.5 Å². The first-order chi connectivity index (χ1) is 9.23. The molecule has 0 aromatic heterocycles. The molecule has 8 heteroatoms. The highest BCUT2D eigenvalue weighted by molar-refractivity contribution is 5.94. The Balaban J connectivity index is 2.69. The molecular weight excluding hydrogens is 279 g/mol. The number of carbonyl (C=O) groups excluding carboxylic acids is 1. The van der Waals surface area contributed by atoms with Crippen LogP contribution >= 0.6 is 0 Å². The van der Waals surface area contributed by atoms with E-state index in [9.17, 15) is 22.8 Å². The number of carboxylic acid groups (broad SMARTS) is 1. The van der Waals surface area contributed by atoms with Gasteiger partial charge in [0.25, 0.3) is 5.91 Å². The fraction of sp³-hybridized carbons (Fsp3) is 0.333. The molecule has 0 aliphatic rings. The lowest BCUT2D eigenvalue weighted by Gasteiger charge is -2.21. The Bertz CT molecular complexity index is 475. The van der Waals surface area contributed by atoms with Gasteiger partial charge in [0.15, 0.2) is 6.10 Å². The quantitative estimate of drug-likeness (QED) is 0.756. The number of hydrogen-bond donors (Lipinski definition) is 3. The van der Waals surface area contributed by atoms with Gasteiger partial charge in [0, 0.05) is 12.1 Å². The van der Waals surface area contributed by atoms with E-state index >= 15 is 0 Å². The van der Waals surface area contributed by atoms with Crippen LogP contribution in [-0.2, 0) is 4.79 Å². The van der Waals surface area contributed by atoms with Crippen molar-refractivity contribution in [2.24, 2.45) is 5.92 Å². The highest BCUT2D eigenvalue weighted by Gasteiger charge is 2.46. The maximum Gasteiger partial charge on any atom is 0.415 e. The van der Waals surface area contributed by atoms with Crippen molar-refractivity contribution < 1.29 is 33.0 Å². The molecule has 0 radical (unpaired) electrons. The normalized spacial score (nSPS) is 14.4. The monoisotopic (exact) mass is 291 g/mol. The average Bonchev–Trinajstić information content (AvgIpc) is 2.38. The Kier molecular flexibility index (Phi) is 5.09. The number of amides is 1. The van der Waals surface area contributed by atoms with Gasteiger partial charge in [-0.1, -0.05) is 18.2 Å². The molecule has 1 rings (SSSR count). The van der Waals surface area contributed by atoms with Crippen LogP contribution in [-0.4, -0.2) is 40.9 Å². The standard InChI is InChI=1S/C12H12F3NO4/c13-12(14,15)9(17)8(11(19)20)6-16-10(18)7-4-2-1-3-5-7/h1-5,8-9,17H,6H2,(H,16,18)(H,19,20)/t8-,9-/m0/s1. The van der Waals surface area contributed by atoms with Crippen molar-refractivity contribution in [3.63, 3.8) is 0 Å². The van der Waals surface area contributed by atoms with Gasteiger partial charge in [-0.3, -0.25) is 9.59 Å². The van der Waals surface area contributed by atoms with Gasteiger partial charge in [-0.25, -0.2) is 0 Å². The third-order valence-corrected chi connectivity index (χ3v) is 2.55. The van der Waals surface area contributed by atoms with Crippen molar-refractivity contribution in [3.8, 4) is 0 Å². The predicted octanol–water partition coefficient (Wildman–Crippen LogP) is 1.04. The fourth-order valence-electron chi connectivity index (χ4n) is 1.46. The van der Waals surface area contributed by atoms with Gasteiger partial charge in [-0.05, 0) is 12.1 Å². The molecule has 1 amide bonds. The van der Waals surface area contributed by atoms with Gasteiger partial charge in [0.05, 0.1) is 0 Å². The number of aliphatic carboxylic acids is 1. The number of hydrogen-bond acceptors (Lipinski definition) is 3. The highest BCUT2D eigenvalue weighted by atomic mass is 19.4. The van der Waals surface area contributed by atoms with E-state index in [0.717, 1.165) is 0 Å². The number of aliphatic hydroxyl groups is 1. The second-order valence-corrected chi connectivity index (χ2v) is 4.01.